The summed E-state index contributed by atoms with van der Waals surface area (Å²) in [5.41, 5.74) is 4.24. The third-order valence-electron chi connectivity index (χ3n) is 4.48. The predicted octanol–water partition coefficient (Wildman–Crippen LogP) is 4.44. The smallest absolute Gasteiger partial charge is 0.274 e. The third kappa shape index (κ3) is 4.23. The fraction of sp³-hybridized carbons (Fsp3) is 0.200. The van der Waals surface area contributed by atoms with Crippen molar-refractivity contribution < 1.29 is 9.72 Å². The fourth-order valence-corrected chi connectivity index (χ4v) is 3.51. The average molecular weight is 396 g/mol. The summed E-state index contributed by atoms with van der Waals surface area (Å²) in [5, 5.41) is 14.5. The van der Waals surface area contributed by atoms with E-state index < -0.39 is 4.92 Å². The van der Waals surface area contributed by atoms with E-state index in [9.17, 15) is 14.9 Å². The van der Waals surface area contributed by atoms with Crippen LogP contribution in [0.25, 0.3) is 5.69 Å². The van der Waals surface area contributed by atoms with E-state index >= 15 is 0 Å². The second-order valence-corrected chi connectivity index (χ2v) is 7.33. The summed E-state index contributed by atoms with van der Waals surface area (Å²) < 4.78 is 1.93. The minimum absolute atomic E-state index is 0.0178. The summed E-state index contributed by atoms with van der Waals surface area (Å²) in [7, 11) is 0. The predicted molar refractivity (Wildman–Crippen MR) is 110 cm³/mol. The van der Waals surface area contributed by atoms with Gasteiger partial charge >= 0.3 is 0 Å². The molecular formula is C20H20N4O3S. The van der Waals surface area contributed by atoms with Gasteiger partial charge in [-0.05, 0) is 50.1 Å². The minimum Gasteiger partial charge on any atom is -0.325 e. The highest BCUT2D eigenvalue weighted by atomic mass is 32.2. The number of rotatable bonds is 6. The number of hydrogen-bond donors (Lipinski definition) is 1. The highest BCUT2D eigenvalue weighted by Crippen LogP contribution is 2.26. The van der Waals surface area contributed by atoms with Gasteiger partial charge in [0.05, 0.1) is 21.9 Å². The van der Waals surface area contributed by atoms with Crippen molar-refractivity contribution in [3.63, 3.8) is 0 Å². The normalized spacial score (nSPS) is 10.7. The van der Waals surface area contributed by atoms with E-state index in [-0.39, 0.29) is 17.3 Å². The molecule has 1 heterocycles. The molecule has 1 N–H and O–H groups in total. The van der Waals surface area contributed by atoms with E-state index in [2.05, 4.69) is 36.3 Å². The van der Waals surface area contributed by atoms with Gasteiger partial charge in [-0.15, -0.1) is 0 Å². The van der Waals surface area contributed by atoms with Crippen LogP contribution >= 0.6 is 11.8 Å². The molecule has 0 unspecified atom stereocenters. The molecule has 3 rings (SSSR count). The van der Waals surface area contributed by atoms with Gasteiger partial charge in [-0.25, -0.2) is 4.98 Å². The number of imidazole rings is 1. The maximum absolute atomic E-state index is 12.3. The van der Waals surface area contributed by atoms with Crippen molar-refractivity contribution in [1.29, 1.82) is 0 Å². The summed E-state index contributed by atoms with van der Waals surface area (Å²) in [6, 6.07) is 10.8. The van der Waals surface area contributed by atoms with Gasteiger partial charge in [0.15, 0.2) is 5.16 Å². The van der Waals surface area contributed by atoms with E-state index in [1.165, 1.54) is 29.0 Å². The molecule has 8 heteroatoms. The van der Waals surface area contributed by atoms with Crippen molar-refractivity contribution in [2.75, 3.05) is 11.1 Å². The second kappa shape index (κ2) is 8.26. The molecule has 0 aliphatic carbocycles. The molecule has 0 fully saturated rings. The van der Waals surface area contributed by atoms with Gasteiger partial charge in [0.25, 0.3) is 5.69 Å². The zero-order valence-electron chi connectivity index (χ0n) is 15.8. The number of benzene rings is 2. The number of aryl methyl sites for hydroxylation is 2. The van der Waals surface area contributed by atoms with E-state index in [0.29, 0.717) is 16.4 Å². The van der Waals surface area contributed by atoms with Gasteiger partial charge in [0.1, 0.15) is 0 Å². The molecule has 0 aliphatic heterocycles. The van der Waals surface area contributed by atoms with Crippen molar-refractivity contribution in [2.45, 2.75) is 25.9 Å². The van der Waals surface area contributed by atoms with Crippen LogP contribution in [0.15, 0.2) is 53.9 Å². The Morgan fingerprint density at radius 2 is 2.00 bits per heavy atom. The molecule has 2 aromatic carbocycles. The number of thioether (sulfide) groups is 1. The van der Waals surface area contributed by atoms with E-state index in [1.807, 2.05) is 16.8 Å². The Kier molecular flexibility index (Phi) is 5.79. The van der Waals surface area contributed by atoms with Gasteiger partial charge in [-0.1, -0.05) is 23.9 Å². The van der Waals surface area contributed by atoms with Crippen molar-refractivity contribution in [3.8, 4) is 5.69 Å². The third-order valence-corrected chi connectivity index (χ3v) is 5.45. The first-order valence-corrected chi connectivity index (χ1v) is 9.63. The number of carbonyl (C=O) groups is 1. The maximum atomic E-state index is 12.3. The van der Waals surface area contributed by atoms with Crippen LogP contribution in [0.2, 0.25) is 0 Å². The molecule has 1 amide bonds. The van der Waals surface area contributed by atoms with E-state index in [0.717, 1.165) is 5.69 Å². The van der Waals surface area contributed by atoms with Gasteiger partial charge < -0.3 is 5.32 Å². The lowest BCUT2D eigenvalue weighted by Crippen LogP contribution is -2.15. The van der Waals surface area contributed by atoms with Crippen molar-refractivity contribution in [2.24, 2.45) is 0 Å². The number of carbonyl (C=O) groups excluding carboxylic acids is 1. The van der Waals surface area contributed by atoms with E-state index in [1.54, 1.807) is 25.3 Å². The molecule has 7 nitrogen and oxygen atoms in total. The fourth-order valence-electron chi connectivity index (χ4n) is 2.74. The number of nitrogens with zero attached hydrogens (tertiary/aromatic N) is 3. The number of hydrogen-bond acceptors (Lipinski definition) is 5. The summed E-state index contributed by atoms with van der Waals surface area (Å²) in [6.07, 6.45) is 3.55. The van der Waals surface area contributed by atoms with Crippen LogP contribution in [-0.2, 0) is 4.79 Å². The number of aromatic nitrogens is 2. The zero-order valence-corrected chi connectivity index (χ0v) is 16.6. The van der Waals surface area contributed by atoms with Crippen LogP contribution in [0.1, 0.15) is 16.7 Å². The molecule has 3 aromatic rings. The summed E-state index contributed by atoms with van der Waals surface area (Å²) >= 11 is 1.31. The summed E-state index contributed by atoms with van der Waals surface area (Å²) in [4.78, 5) is 27.3. The Labute approximate surface area is 166 Å². The van der Waals surface area contributed by atoms with Crippen LogP contribution in [-0.4, -0.2) is 26.1 Å². The van der Waals surface area contributed by atoms with Gasteiger partial charge in [-0.3, -0.25) is 19.5 Å². The van der Waals surface area contributed by atoms with Crippen LogP contribution in [0, 0.1) is 30.9 Å². The zero-order chi connectivity index (χ0) is 20.3. The topological polar surface area (TPSA) is 90.1 Å². The highest BCUT2D eigenvalue weighted by Gasteiger charge is 2.15. The molecule has 0 saturated heterocycles. The average Bonchev–Trinajstić information content (AvgIpc) is 3.12. The van der Waals surface area contributed by atoms with Crippen LogP contribution in [0.3, 0.4) is 0 Å². The molecule has 1 aromatic heterocycles. The second-order valence-electron chi connectivity index (χ2n) is 6.39. The quantitative estimate of drug-likeness (QED) is 0.378. The van der Waals surface area contributed by atoms with E-state index in [4.69, 9.17) is 0 Å². The number of anilines is 1. The highest BCUT2D eigenvalue weighted by molar-refractivity contribution is 7.99. The standard InChI is InChI=1S/C20H20N4O3S/c1-13-7-8-16(11-14(13)2)23-10-9-21-20(23)28-12-19(25)22-17-5-4-6-18(15(17)3)24(26)27/h4-11H,12H2,1-3H3,(H,22,25). The number of amides is 1. The Balaban J connectivity index is 1.70. The first kappa shape index (κ1) is 19.6. The first-order chi connectivity index (χ1) is 13.4. The molecule has 0 bridgehead atoms. The molecule has 0 saturated carbocycles. The molecule has 144 valence electrons. The Morgan fingerprint density at radius 1 is 1.21 bits per heavy atom. The molecule has 0 aliphatic rings. The number of nitro groups is 1. The van der Waals surface area contributed by atoms with Crippen LogP contribution in [0.5, 0.6) is 0 Å². The molecular weight excluding hydrogens is 376 g/mol. The molecule has 0 radical (unpaired) electrons. The molecule has 0 spiro atoms. The van der Waals surface area contributed by atoms with Crippen molar-refractivity contribution >= 4 is 29.0 Å². The molecule has 0 atom stereocenters. The lowest BCUT2D eigenvalue weighted by atomic mass is 10.1. The Bertz CT molecular complexity index is 1050. The van der Waals surface area contributed by atoms with Gasteiger partial charge in [0.2, 0.25) is 5.91 Å². The first-order valence-electron chi connectivity index (χ1n) is 8.64. The van der Waals surface area contributed by atoms with Crippen LogP contribution in [0.4, 0.5) is 11.4 Å². The maximum Gasteiger partial charge on any atom is 0.274 e. The van der Waals surface area contributed by atoms with Crippen molar-refractivity contribution in [3.05, 3.63) is 75.6 Å². The number of nitro benzene ring substituents is 1. The Morgan fingerprint density at radius 3 is 2.71 bits per heavy atom. The monoisotopic (exact) mass is 396 g/mol. The van der Waals surface area contributed by atoms with Crippen molar-refractivity contribution in [1.82, 2.24) is 9.55 Å². The lowest BCUT2D eigenvalue weighted by Gasteiger charge is -2.11. The van der Waals surface area contributed by atoms with Crippen LogP contribution < -0.4 is 5.32 Å². The minimum atomic E-state index is -0.458. The summed E-state index contributed by atoms with van der Waals surface area (Å²) in [5.74, 6) is -0.104. The summed E-state index contributed by atoms with van der Waals surface area (Å²) in [6.45, 7) is 5.73. The number of nitrogens with one attached hydrogen (secondary N) is 1. The van der Waals surface area contributed by atoms with Gasteiger partial charge in [0, 0.05) is 24.1 Å². The largest absolute Gasteiger partial charge is 0.325 e. The van der Waals surface area contributed by atoms with Gasteiger partial charge in [-0.2, -0.15) is 0 Å². The SMILES string of the molecule is Cc1ccc(-n2ccnc2SCC(=O)Nc2cccc([N+](=O)[O-])c2C)cc1C. The molecule has 28 heavy (non-hydrogen) atoms. The Hall–Kier alpha value is -3.13. The lowest BCUT2D eigenvalue weighted by molar-refractivity contribution is -0.385.